The second-order valence-electron chi connectivity index (χ2n) is 5.67. The molecule has 2 heterocycles. The fourth-order valence-corrected chi connectivity index (χ4v) is 3.69. The standard InChI is InChI=1S/C19H20N4O2S2/c1-13(15-7-3-4-8-16(15)25-2)20-18(24)12-27-19-21-17(22-23-19)10-9-14-6-5-11-26-14/h3-11,13H,12H2,1-2H3,(H,20,24)(H,21,22,23). The molecule has 1 amide bonds. The molecule has 2 aromatic heterocycles. The third-order valence-corrected chi connectivity index (χ3v) is 5.43. The van der Waals surface area contributed by atoms with Crippen LogP contribution < -0.4 is 10.1 Å². The number of amides is 1. The van der Waals surface area contributed by atoms with Gasteiger partial charge in [0.15, 0.2) is 0 Å². The Kier molecular flexibility index (Phi) is 6.67. The van der Waals surface area contributed by atoms with Crippen LogP contribution in [0.1, 0.15) is 29.2 Å². The van der Waals surface area contributed by atoms with Crippen LogP contribution in [0.25, 0.3) is 12.2 Å². The summed E-state index contributed by atoms with van der Waals surface area (Å²) in [5.74, 6) is 1.58. The summed E-state index contributed by atoms with van der Waals surface area (Å²) in [5.41, 5.74) is 0.942. The van der Waals surface area contributed by atoms with Crippen LogP contribution in [0.5, 0.6) is 5.75 Å². The zero-order valence-corrected chi connectivity index (χ0v) is 16.6. The lowest BCUT2D eigenvalue weighted by atomic mass is 10.1. The largest absolute Gasteiger partial charge is 0.496 e. The van der Waals surface area contributed by atoms with Crippen molar-refractivity contribution in [3.05, 3.63) is 58.0 Å². The van der Waals surface area contributed by atoms with Gasteiger partial charge in [-0.15, -0.1) is 16.4 Å². The highest BCUT2D eigenvalue weighted by molar-refractivity contribution is 7.99. The number of benzene rings is 1. The Bertz CT molecular complexity index is 906. The van der Waals surface area contributed by atoms with Gasteiger partial charge in [-0.05, 0) is 36.6 Å². The molecule has 8 heteroatoms. The van der Waals surface area contributed by atoms with E-state index in [1.54, 1.807) is 18.4 Å². The van der Waals surface area contributed by atoms with Gasteiger partial charge in [-0.1, -0.05) is 36.0 Å². The first-order valence-electron chi connectivity index (χ1n) is 8.35. The molecule has 0 aliphatic rings. The summed E-state index contributed by atoms with van der Waals surface area (Å²) in [6.45, 7) is 1.93. The number of rotatable bonds is 8. The number of carbonyl (C=O) groups excluding carboxylic acids is 1. The number of para-hydroxylation sites is 1. The summed E-state index contributed by atoms with van der Waals surface area (Å²) in [6, 6.07) is 11.5. The molecule has 0 saturated carbocycles. The Hall–Kier alpha value is -2.58. The number of thioether (sulfide) groups is 1. The van der Waals surface area contributed by atoms with Crippen molar-refractivity contribution in [3.8, 4) is 5.75 Å². The Labute approximate surface area is 166 Å². The number of nitrogens with one attached hydrogen (secondary N) is 2. The van der Waals surface area contributed by atoms with Gasteiger partial charge >= 0.3 is 0 Å². The van der Waals surface area contributed by atoms with Gasteiger partial charge in [-0.2, -0.15) is 0 Å². The minimum absolute atomic E-state index is 0.0844. The minimum atomic E-state index is -0.148. The van der Waals surface area contributed by atoms with Crippen molar-refractivity contribution in [1.29, 1.82) is 0 Å². The van der Waals surface area contributed by atoms with E-state index >= 15 is 0 Å². The summed E-state index contributed by atoms with van der Waals surface area (Å²) < 4.78 is 5.34. The van der Waals surface area contributed by atoms with Crippen LogP contribution in [0.2, 0.25) is 0 Å². The van der Waals surface area contributed by atoms with Gasteiger partial charge in [0.05, 0.1) is 18.9 Å². The molecule has 3 rings (SSSR count). The van der Waals surface area contributed by atoms with E-state index in [2.05, 4.69) is 20.5 Å². The Morgan fingerprint density at radius 2 is 2.19 bits per heavy atom. The van der Waals surface area contributed by atoms with E-state index in [1.165, 1.54) is 11.8 Å². The molecule has 1 aromatic carbocycles. The van der Waals surface area contributed by atoms with Crippen LogP contribution in [0.15, 0.2) is 46.9 Å². The number of methoxy groups -OCH3 is 1. The first-order valence-corrected chi connectivity index (χ1v) is 10.2. The SMILES string of the molecule is COc1ccccc1C(C)NC(=O)CSc1n[nH]c(C=Cc2cccs2)n1. The van der Waals surface area contributed by atoms with Gasteiger partial charge in [0, 0.05) is 10.4 Å². The molecule has 27 heavy (non-hydrogen) atoms. The number of carbonyl (C=O) groups is 1. The quantitative estimate of drug-likeness (QED) is 0.559. The predicted octanol–water partition coefficient (Wildman–Crippen LogP) is 4.01. The third-order valence-electron chi connectivity index (χ3n) is 3.75. The van der Waals surface area contributed by atoms with E-state index in [9.17, 15) is 4.79 Å². The molecule has 2 N–H and O–H groups in total. The molecule has 0 aliphatic heterocycles. The van der Waals surface area contributed by atoms with Gasteiger partial charge in [0.1, 0.15) is 11.6 Å². The predicted molar refractivity (Wildman–Crippen MR) is 110 cm³/mol. The Balaban J connectivity index is 1.50. The van der Waals surface area contributed by atoms with Crippen molar-refractivity contribution in [2.45, 2.75) is 18.1 Å². The van der Waals surface area contributed by atoms with Crippen molar-refractivity contribution in [2.75, 3.05) is 12.9 Å². The number of thiophene rings is 1. The van der Waals surface area contributed by atoms with Crippen molar-refractivity contribution in [3.63, 3.8) is 0 Å². The molecule has 0 fully saturated rings. The monoisotopic (exact) mass is 400 g/mol. The smallest absolute Gasteiger partial charge is 0.230 e. The van der Waals surface area contributed by atoms with Gasteiger partial charge in [-0.3, -0.25) is 9.89 Å². The maximum Gasteiger partial charge on any atom is 0.230 e. The molecule has 6 nitrogen and oxygen atoms in total. The lowest BCUT2D eigenvalue weighted by Crippen LogP contribution is -2.28. The van der Waals surface area contributed by atoms with Crippen LogP contribution in [0.3, 0.4) is 0 Å². The fraction of sp³-hybridized carbons (Fsp3) is 0.211. The van der Waals surface area contributed by atoms with Crippen molar-refractivity contribution in [1.82, 2.24) is 20.5 Å². The lowest BCUT2D eigenvalue weighted by Gasteiger charge is -2.16. The van der Waals surface area contributed by atoms with E-state index in [4.69, 9.17) is 4.74 Å². The molecule has 3 aromatic rings. The molecule has 0 saturated heterocycles. The van der Waals surface area contributed by atoms with Crippen molar-refractivity contribution < 1.29 is 9.53 Å². The molecule has 1 unspecified atom stereocenters. The summed E-state index contributed by atoms with van der Waals surface area (Å²) in [5, 5.41) is 12.5. The van der Waals surface area contributed by atoms with E-state index in [1.807, 2.05) is 60.9 Å². The Morgan fingerprint density at radius 1 is 1.33 bits per heavy atom. The van der Waals surface area contributed by atoms with E-state index in [0.29, 0.717) is 11.0 Å². The fourth-order valence-electron chi connectivity index (χ4n) is 2.46. The zero-order chi connectivity index (χ0) is 19.1. The molecule has 0 aliphatic carbocycles. The highest BCUT2D eigenvalue weighted by atomic mass is 32.2. The molecular formula is C19H20N4O2S2. The normalized spacial score (nSPS) is 12.2. The minimum Gasteiger partial charge on any atom is -0.496 e. The average molecular weight is 401 g/mol. The topological polar surface area (TPSA) is 79.9 Å². The van der Waals surface area contributed by atoms with Crippen LogP contribution in [-0.4, -0.2) is 34.0 Å². The van der Waals surface area contributed by atoms with E-state index in [0.717, 1.165) is 16.2 Å². The summed E-state index contributed by atoms with van der Waals surface area (Å²) >= 11 is 2.95. The van der Waals surface area contributed by atoms with Gasteiger partial charge < -0.3 is 10.1 Å². The number of aromatic amines is 1. The maximum absolute atomic E-state index is 12.2. The Morgan fingerprint density at radius 3 is 2.96 bits per heavy atom. The number of ether oxygens (including phenoxy) is 1. The second-order valence-corrected chi connectivity index (χ2v) is 7.59. The number of nitrogens with zero attached hydrogens (tertiary/aromatic N) is 2. The summed E-state index contributed by atoms with van der Waals surface area (Å²) in [4.78, 5) is 17.7. The number of H-pyrrole nitrogens is 1. The van der Waals surface area contributed by atoms with Crippen LogP contribution in [0.4, 0.5) is 0 Å². The first kappa shape index (κ1) is 19.2. The summed E-state index contributed by atoms with van der Waals surface area (Å²) in [7, 11) is 1.62. The van der Waals surface area contributed by atoms with E-state index in [-0.39, 0.29) is 17.7 Å². The van der Waals surface area contributed by atoms with Crippen molar-refractivity contribution >= 4 is 41.2 Å². The average Bonchev–Trinajstić information content (AvgIpc) is 3.36. The zero-order valence-electron chi connectivity index (χ0n) is 15.0. The van der Waals surface area contributed by atoms with Gasteiger partial charge in [-0.25, -0.2) is 4.98 Å². The molecule has 1 atom stereocenters. The van der Waals surface area contributed by atoms with Gasteiger partial charge in [0.2, 0.25) is 11.1 Å². The highest BCUT2D eigenvalue weighted by Crippen LogP contribution is 2.24. The van der Waals surface area contributed by atoms with E-state index < -0.39 is 0 Å². The lowest BCUT2D eigenvalue weighted by molar-refractivity contribution is -0.119. The number of hydrogen-bond donors (Lipinski definition) is 2. The molecule has 0 spiro atoms. The van der Waals surface area contributed by atoms with Gasteiger partial charge in [0.25, 0.3) is 0 Å². The van der Waals surface area contributed by atoms with Crippen LogP contribution in [0, 0.1) is 0 Å². The summed E-state index contributed by atoms with van der Waals surface area (Å²) in [6.07, 6.45) is 3.84. The number of aromatic nitrogens is 3. The molecule has 140 valence electrons. The number of hydrogen-bond acceptors (Lipinski definition) is 6. The van der Waals surface area contributed by atoms with Crippen LogP contribution in [-0.2, 0) is 4.79 Å². The van der Waals surface area contributed by atoms with Crippen molar-refractivity contribution in [2.24, 2.45) is 0 Å². The molecule has 0 radical (unpaired) electrons. The van der Waals surface area contributed by atoms with Crippen LogP contribution >= 0.6 is 23.1 Å². The second kappa shape index (κ2) is 9.38. The maximum atomic E-state index is 12.2. The molecular weight excluding hydrogens is 380 g/mol. The highest BCUT2D eigenvalue weighted by Gasteiger charge is 2.14. The first-order chi connectivity index (χ1) is 13.2. The molecule has 0 bridgehead atoms. The third kappa shape index (κ3) is 5.45.